The third kappa shape index (κ3) is 7.32. The van der Waals surface area contributed by atoms with Gasteiger partial charge < -0.3 is 14.8 Å². The molecule has 0 amide bonds. The normalized spacial score (nSPS) is 24.3. The third-order valence-electron chi connectivity index (χ3n) is 7.98. The number of nitro groups is 1. The Kier molecular flexibility index (Phi) is 9.07. The first kappa shape index (κ1) is 29.6. The number of nitrogens with one attached hydrogen (secondary N) is 1. The van der Waals surface area contributed by atoms with E-state index in [1.54, 1.807) is 11.4 Å². The Labute approximate surface area is 240 Å². The second-order valence-electron chi connectivity index (χ2n) is 10.8. The Bertz CT molecular complexity index is 1250. The summed E-state index contributed by atoms with van der Waals surface area (Å²) in [5.74, 6) is 0.509. The molecule has 2 heterocycles. The van der Waals surface area contributed by atoms with E-state index >= 15 is 0 Å². The van der Waals surface area contributed by atoms with Gasteiger partial charge in [-0.2, -0.15) is 13.2 Å². The molecular weight excluding hydrogens is 564 g/mol. The standard InChI is InChI=1S/C28H32F4N4O4S/c29-19-1-8-26-18(13-19)14-23(39-26)16-34-9-11-35(12-10-34)27(17-41)40-22-5-2-20(3-6-22)33-21-4-7-25(36(37)38)24(15-21)28(30,31)32/h1,4,7-8,13,15,17,20,22-23,27,33H,2-3,5-6,9-12,14,16H2. The number of nitrogens with zero attached hydrogens (tertiary/aromatic N) is 3. The molecule has 1 saturated heterocycles. The number of benzene rings is 2. The van der Waals surface area contributed by atoms with Crippen LogP contribution >= 0.6 is 12.2 Å². The number of rotatable bonds is 9. The third-order valence-corrected chi connectivity index (χ3v) is 8.22. The molecular formula is C28H32F4N4O4S. The van der Waals surface area contributed by atoms with Crippen LogP contribution in [0.25, 0.3) is 0 Å². The highest BCUT2D eigenvalue weighted by molar-refractivity contribution is 7.79. The maximum absolute atomic E-state index is 13.5. The van der Waals surface area contributed by atoms with Crippen LogP contribution in [-0.2, 0) is 17.3 Å². The van der Waals surface area contributed by atoms with Gasteiger partial charge in [0.15, 0.2) is 0 Å². The minimum Gasteiger partial charge on any atom is -0.488 e. The van der Waals surface area contributed by atoms with E-state index in [1.807, 2.05) is 0 Å². The fourth-order valence-electron chi connectivity index (χ4n) is 5.87. The van der Waals surface area contributed by atoms with E-state index in [1.165, 1.54) is 18.2 Å². The van der Waals surface area contributed by atoms with Crippen molar-refractivity contribution in [3.63, 3.8) is 0 Å². The van der Waals surface area contributed by atoms with Crippen LogP contribution in [0.1, 0.15) is 36.8 Å². The van der Waals surface area contributed by atoms with Crippen LogP contribution in [0.15, 0.2) is 36.4 Å². The van der Waals surface area contributed by atoms with Gasteiger partial charge in [0.25, 0.3) is 5.69 Å². The molecule has 1 aliphatic carbocycles. The molecule has 2 atom stereocenters. The van der Waals surface area contributed by atoms with E-state index in [9.17, 15) is 27.7 Å². The quantitative estimate of drug-likeness (QED) is 0.178. The smallest absolute Gasteiger partial charge is 0.423 e. The van der Waals surface area contributed by atoms with Gasteiger partial charge in [-0.1, -0.05) is 12.2 Å². The number of piperazine rings is 1. The lowest BCUT2D eigenvalue weighted by molar-refractivity contribution is -0.388. The van der Waals surface area contributed by atoms with Crippen LogP contribution in [0.4, 0.5) is 28.9 Å². The van der Waals surface area contributed by atoms with Crippen LogP contribution in [0.3, 0.4) is 0 Å². The monoisotopic (exact) mass is 596 g/mol. The number of hydrogen-bond acceptors (Lipinski definition) is 8. The Morgan fingerprint density at radius 2 is 1.85 bits per heavy atom. The average Bonchev–Trinajstić information content (AvgIpc) is 3.34. The summed E-state index contributed by atoms with van der Waals surface area (Å²) in [6, 6.07) is 7.59. The summed E-state index contributed by atoms with van der Waals surface area (Å²) in [6.07, 6.45) is -1.63. The average molecular weight is 597 g/mol. The van der Waals surface area contributed by atoms with Crippen molar-refractivity contribution in [2.24, 2.45) is 0 Å². The topological polar surface area (TPSA) is 80.1 Å². The molecule has 2 aliphatic heterocycles. The van der Waals surface area contributed by atoms with Crippen LogP contribution < -0.4 is 10.1 Å². The van der Waals surface area contributed by atoms with Gasteiger partial charge in [-0.25, -0.2) is 4.39 Å². The number of fused-ring (bicyclic) bond motifs is 1. The Morgan fingerprint density at radius 3 is 2.51 bits per heavy atom. The summed E-state index contributed by atoms with van der Waals surface area (Å²) >= 11 is 5.29. The predicted octanol–water partition coefficient (Wildman–Crippen LogP) is 5.44. The van der Waals surface area contributed by atoms with E-state index in [-0.39, 0.29) is 36.0 Å². The summed E-state index contributed by atoms with van der Waals surface area (Å²) in [5, 5.41) is 15.7. The molecule has 8 nitrogen and oxygen atoms in total. The molecule has 222 valence electrons. The van der Waals surface area contributed by atoms with E-state index in [0.29, 0.717) is 19.3 Å². The zero-order chi connectivity index (χ0) is 29.1. The highest BCUT2D eigenvalue weighted by atomic mass is 32.1. The van der Waals surface area contributed by atoms with Crippen molar-refractivity contribution in [1.82, 2.24) is 9.80 Å². The van der Waals surface area contributed by atoms with Crippen molar-refractivity contribution in [3.8, 4) is 5.75 Å². The van der Waals surface area contributed by atoms with E-state index in [2.05, 4.69) is 15.1 Å². The van der Waals surface area contributed by atoms with Crippen LogP contribution in [0.5, 0.6) is 5.75 Å². The van der Waals surface area contributed by atoms with Gasteiger partial charge in [0.1, 0.15) is 29.5 Å². The molecule has 2 aromatic carbocycles. The molecule has 5 rings (SSSR count). The number of alkyl halides is 3. The molecule has 0 aromatic heterocycles. The number of thiocarbonyl (C=S) groups is 1. The maximum Gasteiger partial charge on any atom is 0.423 e. The lowest BCUT2D eigenvalue weighted by Crippen LogP contribution is -2.53. The lowest BCUT2D eigenvalue weighted by atomic mass is 9.92. The van der Waals surface area contributed by atoms with E-state index in [0.717, 1.165) is 69.0 Å². The minimum atomic E-state index is -4.82. The number of hydrogen-bond donors (Lipinski definition) is 1. The summed E-state index contributed by atoms with van der Waals surface area (Å²) in [5.41, 5.74) is -1.10. The van der Waals surface area contributed by atoms with Gasteiger partial charge in [0.05, 0.1) is 11.0 Å². The highest BCUT2D eigenvalue weighted by Crippen LogP contribution is 2.38. The first-order valence-electron chi connectivity index (χ1n) is 13.7. The zero-order valence-corrected chi connectivity index (χ0v) is 23.1. The van der Waals surface area contributed by atoms with Crippen molar-refractivity contribution < 1.29 is 32.0 Å². The first-order valence-corrected chi connectivity index (χ1v) is 14.2. The molecule has 0 bridgehead atoms. The predicted molar refractivity (Wildman–Crippen MR) is 149 cm³/mol. The van der Waals surface area contributed by atoms with Gasteiger partial charge >= 0.3 is 6.18 Å². The second-order valence-corrected chi connectivity index (χ2v) is 11.1. The largest absolute Gasteiger partial charge is 0.488 e. The van der Waals surface area contributed by atoms with Crippen molar-refractivity contribution in [3.05, 3.63) is 63.5 Å². The fourth-order valence-corrected chi connectivity index (χ4v) is 6.11. The van der Waals surface area contributed by atoms with Crippen molar-refractivity contribution in [2.75, 3.05) is 38.0 Å². The van der Waals surface area contributed by atoms with Crippen molar-refractivity contribution in [1.29, 1.82) is 0 Å². The van der Waals surface area contributed by atoms with Crippen LogP contribution in [0.2, 0.25) is 0 Å². The molecule has 3 aliphatic rings. The van der Waals surface area contributed by atoms with Crippen molar-refractivity contribution >= 4 is 29.0 Å². The molecule has 13 heteroatoms. The molecule has 1 saturated carbocycles. The zero-order valence-electron chi connectivity index (χ0n) is 22.3. The second kappa shape index (κ2) is 12.6. The molecule has 0 spiro atoms. The maximum atomic E-state index is 13.5. The first-order chi connectivity index (χ1) is 19.6. The van der Waals surface area contributed by atoms with Gasteiger partial charge in [-0.3, -0.25) is 19.9 Å². The molecule has 2 fully saturated rings. The summed E-state index contributed by atoms with van der Waals surface area (Å²) < 4.78 is 65.8. The van der Waals surface area contributed by atoms with Gasteiger partial charge in [-0.15, -0.1) is 0 Å². The Morgan fingerprint density at radius 1 is 1.12 bits per heavy atom. The van der Waals surface area contributed by atoms with Crippen LogP contribution in [0, 0.1) is 15.9 Å². The van der Waals surface area contributed by atoms with Gasteiger partial charge in [0.2, 0.25) is 0 Å². The van der Waals surface area contributed by atoms with Gasteiger partial charge in [-0.05, 0) is 56.0 Å². The van der Waals surface area contributed by atoms with Crippen molar-refractivity contribution in [2.45, 2.75) is 62.8 Å². The summed E-state index contributed by atoms with van der Waals surface area (Å²) in [7, 11) is 0. The Hall–Kier alpha value is -2.87. The number of halogens is 4. The summed E-state index contributed by atoms with van der Waals surface area (Å²) in [6.45, 7) is 4.00. The summed E-state index contributed by atoms with van der Waals surface area (Å²) in [4.78, 5) is 14.5. The van der Waals surface area contributed by atoms with Gasteiger partial charge in [0, 0.05) is 67.9 Å². The molecule has 1 N–H and O–H groups in total. The fraction of sp³-hybridized carbons (Fsp3) is 0.536. The molecule has 0 radical (unpaired) electrons. The number of anilines is 1. The minimum absolute atomic E-state index is 0.00533. The van der Waals surface area contributed by atoms with Crippen LogP contribution in [-0.4, -0.2) is 77.3 Å². The molecule has 2 unspecified atom stereocenters. The molecule has 41 heavy (non-hydrogen) atoms. The number of ether oxygens (including phenoxy) is 2. The highest BCUT2D eigenvalue weighted by Gasteiger charge is 2.39. The SMILES string of the molecule is O=[N+]([O-])c1ccc(NC2CCC(OC(C=S)N3CCN(CC4Cc5cc(F)ccc5O4)CC3)CC2)cc1C(F)(F)F. The molecule has 2 aromatic rings. The van der Waals surface area contributed by atoms with E-state index in [4.69, 9.17) is 21.7 Å². The van der Waals surface area contributed by atoms with E-state index < -0.39 is 22.4 Å². The number of nitro benzene ring substituents is 1. The Balaban J connectivity index is 1.06. The lowest BCUT2D eigenvalue weighted by Gasteiger charge is -2.40.